The quantitative estimate of drug-likeness (QED) is 0.818. The molecular weight excluding hydrogens is 244 g/mol. The molecule has 1 heterocycles. The Morgan fingerprint density at radius 2 is 2.12 bits per heavy atom. The summed E-state index contributed by atoms with van der Waals surface area (Å²) in [5.74, 6) is 0.567. The van der Waals surface area contributed by atoms with Crippen LogP contribution in [0.4, 0.5) is 0 Å². The van der Waals surface area contributed by atoms with Gasteiger partial charge in [0.05, 0.1) is 17.6 Å². The first-order valence-electron chi connectivity index (χ1n) is 5.27. The van der Waals surface area contributed by atoms with Crippen molar-refractivity contribution in [1.29, 1.82) is 0 Å². The van der Waals surface area contributed by atoms with E-state index in [0.29, 0.717) is 11.5 Å². The molecule has 6 nitrogen and oxygen atoms in total. The highest BCUT2D eigenvalue weighted by atomic mass is 32.2. The Morgan fingerprint density at radius 1 is 1.47 bits per heavy atom. The molecule has 1 atom stereocenters. The molecule has 0 radical (unpaired) electrons. The highest BCUT2D eigenvalue weighted by molar-refractivity contribution is 7.89. The summed E-state index contributed by atoms with van der Waals surface area (Å²) in [4.78, 5) is 0. The van der Waals surface area contributed by atoms with Crippen LogP contribution in [0.3, 0.4) is 0 Å². The summed E-state index contributed by atoms with van der Waals surface area (Å²) in [5.41, 5.74) is 1.48. The summed E-state index contributed by atoms with van der Waals surface area (Å²) in [7, 11) is -1.87. The molecule has 0 spiro atoms. The van der Waals surface area contributed by atoms with Gasteiger partial charge in [0, 0.05) is 19.2 Å². The Kier molecular flexibility index (Phi) is 4.67. The summed E-state index contributed by atoms with van der Waals surface area (Å²) in [6, 6.07) is 0. The Balaban J connectivity index is 2.62. The van der Waals surface area contributed by atoms with Crippen molar-refractivity contribution in [1.82, 2.24) is 9.88 Å². The number of rotatable bonds is 6. The van der Waals surface area contributed by atoms with Crippen LogP contribution >= 0.6 is 0 Å². The topological polar surface area (TPSA) is 81.4 Å². The maximum absolute atomic E-state index is 11.7. The Bertz CT molecular complexity index is 447. The minimum atomic E-state index is -3.35. The van der Waals surface area contributed by atoms with E-state index < -0.39 is 10.0 Å². The molecule has 0 aliphatic rings. The van der Waals surface area contributed by atoms with Crippen molar-refractivity contribution in [3.05, 3.63) is 17.0 Å². The molecule has 0 bridgehead atoms. The van der Waals surface area contributed by atoms with Crippen LogP contribution in [0.1, 0.15) is 23.9 Å². The van der Waals surface area contributed by atoms with E-state index in [9.17, 15) is 8.42 Å². The van der Waals surface area contributed by atoms with E-state index in [1.165, 1.54) is 7.11 Å². The van der Waals surface area contributed by atoms with Gasteiger partial charge in [-0.3, -0.25) is 0 Å². The number of aromatic nitrogens is 1. The first-order valence-corrected chi connectivity index (χ1v) is 6.93. The number of methoxy groups -OCH3 is 1. The second-order valence-corrected chi connectivity index (χ2v) is 5.80. The van der Waals surface area contributed by atoms with Crippen LogP contribution in [0.5, 0.6) is 0 Å². The van der Waals surface area contributed by atoms with Gasteiger partial charge < -0.3 is 9.26 Å². The van der Waals surface area contributed by atoms with E-state index in [0.717, 1.165) is 5.56 Å². The molecule has 1 rings (SSSR count). The fraction of sp³-hybridized carbons (Fsp3) is 0.700. The van der Waals surface area contributed by atoms with E-state index in [1.54, 1.807) is 20.8 Å². The molecular formula is C10H18N2O4S. The number of hydrogen-bond acceptors (Lipinski definition) is 5. The molecule has 0 amide bonds. The van der Waals surface area contributed by atoms with Gasteiger partial charge in [-0.15, -0.1) is 0 Å². The minimum absolute atomic E-state index is 0.0626. The van der Waals surface area contributed by atoms with Crippen LogP contribution in [0.15, 0.2) is 4.52 Å². The van der Waals surface area contributed by atoms with Gasteiger partial charge in [0.15, 0.2) is 0 Å². The lowest BCUT2D eigenvalue weighted by molar-refractivity contribution is 0.136. The molecule has 98 valence electrons. The molecule has 0 fully saturated rings. The van der Waals surface area contributed by atoms with E-state index >= 15 is 0 Å². The molecule has 0 unspecified atom stereocenters. The monoisotopic (exact) mass is 262 g/mol. The van der Waals surface area contributed by atoms with Crippen molar-refractivity contribution in [3.8, 4) is 0 Å². The smallest absolute Gasteiger partial charge is 0.214 e. The second-order valence-electron chi connectivity index (χ2n) is 3.95. The van der Waals surface area contributed by atoms with Crippen LogP contribution in [0.25, 0.3) is 0 Å². The summed E-state index contributed by atoms with van der Waals surface area (Å²) in [5, 5.41) is 3.76. The molecule has 0 aromatic carbocycles. The number of nitrogens with one attached hydrogen (secondary N) is 1. The maximum atomic E-state index is 11.7. The lowest BCUT2D eigenvalue weighted by Crippen LogP contribution is -2.31. The van der Waals surface area contributed by atoms with Gasteiger partial charge in [0.25, 0.3) is 0 Å². The number of aryl methyl sites for hydroxylation is 2. The zero-order valence-electron chi connectivity index (χ0n) is 10.5. The normalized spacial score (nSPS) is 13.9. The Labute approximate surface area is 101 Å². The average molecular weight is 262 g/mol. The van der Waals surface area contributed by atoms with Gasteiger partial charge in [-0.25, -0.2) is 13.1 Å². The molecule has 0 aliphatic heterocycles. The standard InChI is InChI=1S/C10H18N2O4S/c1-7(15-4)6-17(13,14)11-5-10-8(2)12-16-9(10)3/h7,11H,5-6H2,1-4H3/t7-/m0/s1. The van der Waals surface area contributed by atoms with Gasteiger partial charge in [-0.2, -0.15) is 0 Å². The number of ether oxygens (including phenoxy) is 1. The van der Waals surface area contributed by atoms with Crippen LogP contribution in [-0.4, -0.2) is 32.5 Å². The highest BCUT2D eigenvalue weighted by Gasteiger charge is 2.17. The molecule has 7 heteroatoms. The SMILES string of the molecule is CO[C@@H](C)CS(=O)(=O)NCc1c(C)noc1C. The zero-order chi connectivity index (χ0) is 13.1. The van der Waals surface area contributed by atoms with E-state index in [-0.39, 0.29) is 18.4 Å². The lowest BCUT2D eigenvalue weighted by atomic mass is 10.2. The van der Waals surface area contributed by atoms with E-state index in [4.69, 9.17) is 9.26 Å². The third-order valence-corrected chi connectivity index (χ3v) is 4.00. The predicted molar refractivity (Wildman–Crippen MR) is 63.1 cm³/mol. The van der Waals surface area contributed by atoms with Crippen molar-refractivity contribution in [3.63, 3.8) is 0 Å². The van der Waals surface area contributed by atoms with Crippen LogP contribution in [0.2, 0.25) is 0 Å². The van der Waals surface area contributed by atoms with E-state index in [2.05, 4.69) is 9.88 Å². The average Bonchev–Trinajstić information content (AvgIpc) is 2.55. The summed E-state index contributed by atoms with van der Waals surface area (Å²) in [6.45, 7) is 5.42. The van der Waals surface area contributed by atoms with Gasteiger partial charge in [-0.1, -0.05) is 5.16 Å². The van der Waals surface area contributed by atoms with Crippen molar-refractivity contribution in [2.24, 2.45) is 0 Å². The van der Waals surface area contributed by atoms with Crippen LogP contribution in [0, 0.1) is 13.8 Å². The van der Waals surface area contributed by atoms with Gasteiger partial charge in [0.2, 0.25) is 10.0 Å². The van der Waals surface area contributed by atoms with Crippen molar-refractivity contribution in [2.45, 2.75) is 33.4 Å². The van der Waals surface area contributed by atoms with Crippen molar-refractivity contribution < 1.29 is 17.7 Å². The summed E-state index contributed by atoms with van der Waals surface area (Å²) in [6.07, 6.45) is -0.336. The highest BCUT2D eigenvalue weighted by Crippen LogP contribution is 2.12. The first-order chi connectivity index (χ1) is 7.85. The minimum Gasteiger partial charge on any atom is -0.381 e. The maximum Gasteiger partial charge on any atom is 0.214 e. The molecule has 1 aromatic heterocycles. The van der Waals surface area contributed by atoms with Crippen LogP contribution < -0.4 is 4.72 Å². The molecule has 1 N–H and O–H groups in total. The second kappa shape index (κ2) is 5.61. The summed E-state index contributed by atoms with van der Waals surface area (Å²) < 4.78 is 35.7. The molecule has 0 saturated carbocycles. The number of sulfonamides is 1. The number of nitrogens with zero attached hydrogens (tertiary/aromatic N) is 1. The third kappa shape index (κ3) is 4.10. The van der Waals surface area contributed by atoms with Crippen LogP contribution in [-0.2, 0) is 21.3 Å². The lowest BCUT2D eigenvalue weighted by Gasteiger charge is -2.10. The van der Waals surface area contributed by atoms with Gasteiger partial charge in [-0.05, 0) is 20.8 Å². The Hall–Kier alpha value is -0.920. The Morgan fingerprint density at radius 3 is 2.59 bits per heavy atom. The molecule has 0 saturated heterocycles. The zero-order valence-corrected chi connectivity index (χ0v) is 11.3. The fourth-order valence-corrected chi connectivity index (χ4v) is 2.61. The third-order valence-electron chi connectivity index (χ3n) is 2.51. The predicted octanol–water partition coefficient (Wildman–Crippen LogP) is 0.746. The van der Waals surface area contributed by atoms with E-state index in [1.807, 2.05) is 0 Å². The fourth-order valence-electron chi connectivity index (χ4n) is 1.37. The van der Waals surface area contributed by atoms with Crippen molar-refractivity contribution >= 4 is 10.0 Å². The van der Waals surface area contributed by atoms with Crippen molar-refractivity contribution in [2.75, 3.05) is 12.9 Å². The summed E-state index contributed by atoms with van der Waals surface area (Å²) >= 11 is 0. The van der Waals surface area contributed by atoms with Gasteiger partial charge in [0.1, 0.15) is 5.76 Å². The number of hydrogen-bond donors (Lipinski definition) is 1. The molecule has 17 heavy (non-hydrogen) atoms. The van der Waals surface area contributed by atoms with Gasteiger partial charge >= 0.3 is 0 Å². The molecule has 1 aromatic rings. The molecule has 0 aliphatic carbocycles. The largest absolute Gasteiger partial charge is 0.381 e. The first kappa shape index (κ1) is 14.1.